The van der Waals surface area contributed by atoms with Gasteiger partial charge in [-0.15, -0.1) is 11.3 Å². The number of anilines is 1. The van der Waals surface area contributed by atoms with Crippen molar-refractivity contribution in [2.45, 2.75) is 64.7 Å². The Kier molecular flexibility index (Phi) is 6.88. The van der Waals surface area contributed by atoms with Crippen LogP contribution in [0.5, 0.6) is 5.75 Å². The molecular weight excluding hydrogens is 508 g/mol. The topological polar surface area (TPSA) is 85.4 Å². The molecule has 2 fully saturated rings. The standard InChI is InChI=1S/C32H34N2O4S/c1-19-18-33-31(39-19)34-28(36)13-9-22-17-27(35)32(2)15-14-25-24-12-10-23(16-21(24)8-11-26(25)29(22)32)38-30(37)20-6-4-3-5-7-20/h3-7,10,12,16,18,22,25-26,29H,8-9,11,13-15,17H2,1-2H3,(H,33,34,36)/t22-,25?,26?,29?,32-/m1/s1. The Morgan fingerprint density at radius 2 is 1.97 bits per heavy atom. The van der Waals surface area contributed by atoms with Gasteiger partial charge in [0.15, 0.2) is 5.13 Å². The van der Waals surface area contributed by atoms with Gasteiger partial charge in [0.1, 0.15) is 11.5 Å². The van der Waals surface area contributed by atoms with E-state index in [4.69, 9.17) is 4.74 Å². The molecule has 3 unspecified atom stereocenters. The Hall–Kier alpha value is -3.32. The Morgan fingerprint density at radius 3 is 2.74 bits per heavy atom. The molecule has 6 nitrogen and oxygen atoms in total. The van der Waals surface area contributed by atoms with E-state index in [0.717, 1.165) is 37.0 Å². The summed E-state index contributed by atoms with van der Waals surface area (Å²) >= 11 is 1.48. The molecule has 1 heterocycles. The minimum absolute atomic E-state index is 0.0238. The molecular formula is C32H34N2O4S. The number of hydrogen-bond acceptors (Lipinski definition) is 6. The predicted molar refractivity (Wildman–Crippen MR) is 151 cm³/mol. The van der Waals surface area contributed by atoms with Crippen LogP contribution in [0.3, 0.4) is 0 Å². The highest BCUT2D eigenvalue weighted by molar-refractivity contribution is 7.15. The van der Waals surface area contributed by atoms with E-state index in [1.807, 2.05) is 37.3 Å². The lowest BCUT2D eigenvalue weighted by molar-refractivity contribution is -0.129. The first kappa shape index (κ1) is 25.9. The lowest BCUT2D eigenvalue weighted by atomic mass is 9.54. The predicted octanol–water partition coefficient (Wildman–Crippen LogP) is 6.74. The molecule has 2 aromatic carbocycles. The van der Waals surface area contributed by atoms with Gasteiger partial charge in [0.25, 0.3) is 0 Å². The molecule has 202 valence electrons. The minimum Gasteiger partial charge on any atom is -0.423 e. The van der Waals surface area contributed by atoms with E-state index in [9.17, 15) is 14.4 Å². The maximum atomic E-state index is 13.3. The van der Waals surface area contributed by atoms with E-state index in [1.54, 1.807) is 18.3 Å². The van der Waals surface area contributed by atoms with Gasteiger partial charge < -0.3 is 10.1 Å². The van der Waals surface area contributed by atoms with Crippen LogP contribution < -0.4 is 10.1 Å². The van der Waals surface area contributed by atoms with Crippen molar-refractivity contribution < 1.29 is 19.1 Å². The average Bonchev–Trinajstić information content (AvgIpc) is 3.46. The van der Waals surface area contributed by atoms with Crippen LogP contribution in [0.2, 0.25) is 0 Å². The number of fused-ring (bicyclic) bond motifs is 5. The van der Waals surface area contributed by atoms with Gasteiger partial charge in [0, 0.05) is 29.3 Å². The van der Waals surface area contributed by atoms with E-state index < -0.39 is 0 Å². The summed E-state index contributed by atoms with van der Waals surface area (Å²) < 4.78 is 5.69. The number of rotatable bonds is 6. The number of hydrogen-bond donors (Lipinski definition) is 1. The Labute approximate surface area is 233 Å². The minimum atomic E-state index is -0.348. The van der Waals surface area contributed by atoms with E-state index in [1.165, 1.54) is 22.5 Å². The number of thiazole rings is 1. The molecule has 0 aliphatic heterocycles. The summed E-state index contributed by atoms with van der Waals surface area (Å²) in [4.78, 5) is 43.9. The number of amides is 1. The number of aromatic nitrogens is 1. The third-order valence-electron chi connectivity index (χ3n) is 9.37. The van der Waals surface area contributed by atoms with Gasteiger partial charge in [-0.05, 0) is 98.1 Å². The highest BCUT2D eigenvalue weighted by Gasteiger charge is 2.58. The molecule has 0 spiro atoms. The first-order valence-electron chi connectivity index (χ1n) is 14.0. The Morgan fingerprint density at radius 1 is 1.15 bits per heavy atom. The lowest BCUT2D eigenvalue weighted by Crippen LogP contribution is -2.44. The number of nitrogens with zero attached hydrogens (tertiary/aromatic N) is 1. The van der Waals surface area contributed by atoms with Crippen molar-refractivity contribution in [2.75, 3.05) is 5.32 Å². The van der Waals surface area contributed by atoms with Gasteiger partial charge in [0.2, 0.25) is 5.91 Å². The quantitative estimate of drug-likeness (QED) is 0.275. The fourth-order valence-electron chi connectivity index (χ4n) is 7.60. The molecule has 1 N–H and O–H groups in total. The SMILES string of the molecule is Cc1cnc(NC(=O)CC[C@@H]2CC(=O)[C@@]3(C)CCC4c5ccc(OC(=O)c6ccccc6)cc5CCC4C23)s1. The first-order chi connectivity index (χ1) is 18.8. The molecule has 0 radical (unpaired) electrons. The third-order valence-corrected chi connectivity index (χ3v) is 10.2. The smallest absolute Gasteiger partial charge is 0.343 e. The van der Waals surface area contributed by atoms with E-state index >= 15 is 0 Å². The number of esters is 1. The van der Waals surface area contributed by atoms with Crippen molar-refractivity contribution in [3.05, 3.63) is 76.3 Å². The highest BCUT2D eigenvalue weighted by Crippen LogP contribution is 2.62. The molecule has 0 saturated heterocycles. The molecule has 1 aromatic heterocycles. The summed E-state index contributed by atoms with van der Waals surface area (Å²) in [7, 11) is 0. The zero-order chi connectivity index (χ0) is 27.1. The number of ketones is 1. The molecule has 3 aliphatic carbocycles. The van der Waals surface area contributed by atoms with Crippen molar-refractivity contribution in [2.24, 2.45) is 23.2 Å². The monoisotopic (exact) mass is 542 g/mol. The maximum Gasteiger partial charge on any atom is 0.343 e. The fourth-order valence-corrected chi connectivity index (χ4v) is 8.28. The number of nitrogens with one attached hydrogen (secondary N) is 1. The second-order valence-corrected chi connectivity index (χ2v) is 12.9. The number of aryl methyl sites for hydroxylation is 2. The van der Waals surface area contributed by atoms with Crippen molar-refractivity contribution in [3.63, 3.8) is 0 Å². The first-order valence-corrected chi connectivity index (χ1v) is 14.8. The number of Topliss-reactive ketones (excluding diaryl/α,β-unsaturated/α-hetero) is 1. The summed E-state index contributed by atoms with van der Waals surface area (Å²) in [5, 5.41) is 3.56. The van der Waals surface area contributed by atoms with Crippen molar-refractivity contribution in [1.29, 1.82) is 0 Å². The second-order valence-electron chi connectivity index (χ2n) is 11.7. The van der Waals surface area contributed by atoms with Gasteiger partial charge in [-0.25, -0.2) is 9.78 Å². The van der Waals surface area contributed by atoms with Gasteiger partial charge >= 0.3 is 5.97 Å². The normalized spacial score (nSPS) is 27.3. The molecule has 3 aliphatic rings. The number of carbonyl (C=O) groups excluding carboxylic acids is 3. The van der Waals surface area contributed by atoms with Crippen LogP contribution in [0.15, 0.2) is 54.7 Å². The van der Waals surface area contributed by atoms with Crippen molar-refractivity contribution in [1.82, 2.24) is 4.98 Å². The van der Waals surface area contributed by atoms with E-state index in [2.05, 4.69) is 23.3 Å². The number of carbonyl (C=O) groups is 3. The van der Waals surface area contributed by atoms with Crippen LogP contribution in [-0.2, 0) is 16.0 Å². The number of ether oxygens (including phenoxy) is 1. The zero-order valence-corrected chi connectivity index (χ0v) is 23.3. The molecule has 1 amide bonds. The van der Waals surface area contributed by atoms with Gasteiger partial charge in [-0.1, -0.05) is 31.2 Å². The van der Waals surface area contributed by atoms with E-state index in [0.29, 0.717) is 52.8 Å². The van der Waals surface area contributed by atoms with Crippen LogP contribution >= 0.6 is 11.3 Å². The van der Waals surface area contributed by atoms with Crippen molar-refractivity contribution in [3.8, 4) is 5.75 Å². The fraction of sp³-hybridized carbons (Fsp3) is 0.438. The summed E-state index contributed by atoms with van der Waals surface area (Å²) in [5.41, 5.74) is 2.83. The summed E-state index contributed by atoms with van der Waals surface area (Å²) in [6.45, 7) is 4.15. The Balaban J connectivity index is 1.17. The third kappa shape index (κ3) is 4.93. The van der Waals surface area contributed by atoms with Crippen LogP contribution in [0.4, 0.5) is 5.13 Å². The van der Waals surface area contributed by atoms with Gasteiger partial charge in [0.05, 0.1) is 5.56 Å². The van der Waals surface area contributed by atoms with Gasteiger partial charge in [-0.2, -0.15) is 0 Å². The van der Waals surface area contributed by atoms with Gasteiger partial charge in [-0.3, -0.25) is 9.59 Å². The largest absolute Gasteiger partial charge is 0.423 e. The van der Waals surface area contributed by atoms with Crippen LogP contribution in [0.25, 0.3) is 0 Å². The summed E-state index contributed by atoms with van der Waals surface area (Å²) in [5.74, 6) is 1.93. The van der Waals surface area contributed by atoms with Crippen LogP contribution in [0.1, 0.15) is 77.7 Å². The summed E-state index contributed by atoms with van der Waals surface area (Å²) in [6, 6.07) is 15.1. The Bertz CT molecular complexity index is 1420. The van der Waals surface area contributed by atoms with Crippen molar-refractivity contribution >= 4 is 34.1 Å². The molecule has 5 atom stereocenters. The molecule has 2 saturated carbocycles. The lowest BCUT2D eigenvalue weighted by Gasteiger charge is -2.50. The second kappa shape index (κ2) is 10.3. The molecule has 0 bridgehead atoms. The van der Waals surface area contributed by atoms with Crippen LogP contribution in [-0.4, -0.2) is 22.6 Å². The molecule has 7 heteroatoms. The van der Waals surface area contributed by atoms with E-state index in [-0.39, 0.29) is 23.2 Å². The molecule has 6 rings (SSSR count). The molecule has 3 aromatic rings. The maximum absolute atomic E-state index is 13.3. The highest BCUT2D eigenvalue weighted by atomic mass is 32.1. The molecule has 39 heavy (non-hydrogen) atoms. The average molecular weight is 543 g/mol. The zero-order valence-electron chi connectivity index (χ0n) is 22.4. The summed E-state index contributed by atoms with van der Waals surface area (Å²) in [6.07, 6.45) is 7.29. The van der Waals surface area contributed by atoms with Crippen LogP contribution in [0, 0.1) is 30.1 Å². The number of benzene rings is 2.